The highest BCUT2D eigenvalue weighted by Crippen LogP contribution is 2.32. The number of carbonyl (C=O) groups excluding carboxylic acids is 1. The fourth-order valence-electron chi connectivity index (χ4n) is 3.56. The smallest absolute Gasteiger partial charge is 0.245 e. The van der Waals surface area contributed by atoms with Gasteiger partial charge < -0.3 is 15.1 Å². The number of anilines is 1. The average Bonchev–Trinajstić information content (AvgIpc) is 3.17. The maximum atomic E-state index is 13.0. The predicted octanol–water partition coefficient (Wildman–Crippen LogP) is 1.90. The second kappa shape index (κ2) is 7.63. The van der Waals surface area contributed by atoms with E-state index in [0.717, 1.165) is 68.0 Å². The molecule has 2 aliphatic rings. The summed E-state index contributed by atoms with van der Waals surface area (Å²) in [6.45, 7) is 4.44. The molecule has 0 radical (unpaired) electrons. The highest BCUT2D eigenvalue weighted by molar-refractivity contribution is 7.16. The molecule has 4 heterocycles. The summed E-state index contributed by atoms with van der Waals surface area (Å²) in [5, 5.41) is 6.46. The van der Waals surface area contributed by atoms with Gasteiger partial charge in [-0.05, 0) is 37.3 Å². The van der Waals surface area contributed by atoms with E-state index in [-0.39, 0.29) is 24.4 Å². The number of hydrogen-bond donors (Lipinski definition) is 1. The van der Waals surface area contributed by atoms with Gasteiger partial charge in [-0.1, -0.05) is 0 Å². The number of rotatable bonds is 2. The lowest BCUT2D eigenvalue weighted by Gasteiger charge is -2.30. The van der Waals surface area contributed by atoms with Gasteiger partial charge in [0.1, 0.15) is 23.0 Å². The predicted molar refractivity (Wildman–Crippen MR) is 99.1 cm³/mol. The number of amides is 1. The Labute approximate surface area is 151 Å². The highest BCUT2D eigenvalue weighted by Gasteiger charge is 2.35. The van der Waals surface area contributed by atoms with Gasteiger partial charge in [0.05, 0.1) is 5.39 Å². The van der Waals surface area contributed by atoms with Gasteiger partial charge in [-0.3, -0.25) is 4.79 Å². The summed E-state index contributed by atoms with van der Waals surface area (Å²) in [4.78, 5) is 27.1. The van der Waals surface area contributed by atoms with E-state index in [9.17, 15) is 4.79 Å². The second-order valence-corrected chi connectivity index (χ2v) is 7.01. The highest BCUT2D eigenvalue weighted by atomic mass is 35.5. The monoisotopic (exact) mass is 367 g/mol. The van der Waals surface area contributed by atoms with Crippen molar-refractivity contribution in [1.82, 2.24) is 20.2 Å². The molecule has 0 spiro atoms. The number of carbonyl (C=O) groups is 1. The van der Waals surface area contributed by atoms with E-state index < -0.39 is 0 Å². The van der Waals surface area contributed by atoms with Crippen LogP contribution in [0.2, 0.25) is 0 Å². The molecule has 1 unspecified atom stereocenters. The molecular weight excluding hydrogens is 346 g/mol. The lowest BCUT2D eigenvalue weighted by Crippen LogP contribution is -2.47. The number of aromatic nitrogens is 2. The van der Waals surface area contributed by atoms with Crippen molar-refractivity contribution < 1.29 is 4.79 Å². The molecule has 130 valence electrons. The van der Waals surface area contributed by atoms with E-state index in [0.29, 0.717) is 0 Å². The quantitative estimate of drug-likeness (QED) is 0.878. The van der Waals surface area contributed by atoms with Crippen molar-refractivity contribution >= 4 is 45.7 Å². The molecule has 6 nitrogen and oxygen atoms in total. The topological polar surface area (TPSA) is 61.4 Å². The first-order valence-corrected chi connectivity index (χ1v) is 9.17. The molecule has 24 heavy (non-hydrogen) atoms. The minimum Gasteiger partial charge on any atom is -0.344 e. The Morgan fingerprint density at radius 1 is 1.21 bits per heavy atom. The standard InChI is InChI=1S/C16H21N5OS.ClH/c22-16(20-7-2-5-17-6-9-20)13-3-1-8-21(13)14-12-4-10-23-15(12)19-11-18-14;/h4,10-11,13,17H,1-3,5-9H2;1H. The minimum atomic E-state index is -0.0777. The van der Waals surface area contributed by atoms with Crippen LogP contribution in [0.15, 0.2) is 17.8 Å². The zero-order valence-corrected chi connectivity index (χ0v) is 15.1. The Hall–Kier alpha value is -1.44. The number of hydrogen-bond acceptors (Lipinski definition) is 6. The summed E-state index contributed by atoms with van der Waals surface area (Å²) in [5.74, 6) is 1.17. The van der Waals surface area contributed by atoms with Crippen LogP contribution in [0.3, 0.4) is 0 Å². The van der Waals surface area contributed by atoms with Gasteiger partial charge in [-0.2, -0.15) is 0 Å². The summed E-state index contributed by atoms with van der Waals surface area (Å²) in [7, 11) is 0. The number of nitrogens with one attached hydrogen (secondary N) is 1. The molecule has 1 amide bonds. The van der Waals surface area contributed by atoms with Crippen molar-refractivity contribution in [2.75, 3.05) is 37.6 Å². The van der Waals surface area contributed by atoms with Crippen molar-refractivity contribution in [3.05, 3.63) is 17.8 Å². The zero-order valence-electron chi connectivity index (χ0n) is 13.5. The second-order valence-electron chi connectivity index (χ2n) is 6.12. The van der Waals surface area contributed by atoms with Gasteiger partial charge in [-0.15, -0.1) is 23.7 Å². The molecule has 1 N–H and O–H groups in total. The molecule has 4 rings (SSSR count). The van der Waals surface area contributed by atoms with Crippen LogP contribution >= 0.6 is 23.7 Å². The van der Waals surface area contributed by atoms with Crippen LogP contribution in [0.4, 0.5) is 5.82 Å². The Morgan fingerprint density at radius 2 is 2.12 bits per heavy atom. The third kappa shape index (κ3) is 3.20. The van der Waals surface area contributed by atoms with Gasteiger partial charge in [0.25, 0.3) is 0 Å². The summed E-state index contributed by atoms with van der Waals surface area (Å²) >= 11 is 1.62. The first-order valence-electron chi connectivity index (χ1n) is 8.29. The van der Waals surface area contributed by atoms with Crippen molar-refractivity contribution in [3.8, 4) is 0 Å². The molecule has 0 saturated carbocycles. The Balaban J connectivity index is 0.00000169. The van der Waals surface area contributed by atoms with Crippen molar-refractivity contribution in [1.29, 1.82) is 0 Å². The first kappa shape index (κ1) is 17.4. The number of fused-ring (bicyclic) bond motifs is 1. The minimum absolute atomic E-state index is 0. The molecule has 0 aromatic carbocycles. The van der Waals surface area contributed by atoms with Crippen LogP contribution in [-0.2, 0) is 4.79 Å². The molecule has 0 bridgehead atoms. The zero-order chi connectivity index (χ0) is 15.6. The van der Waals surface area contributed by atoms with Crippen LogP contribution in [0, 0.1) is 0 Å². The van der Waals surface area contributed by atoms with Gasteiger partial charge >= 0.3 is 0 Å². The lowest BCUT2D eigenvalue weighted by molar-refractivity contribution is -0.132. The van der Waals surface area contributed by atoms with E-state index in [2.05, 4.69) is 26.3 Å². The third-order valence-corrected chi connectivity index (χ3v) is 5.52. The van der Waals surface area contributed by atoms with E-state index >= 15 is 0 Å². The normalized spacial score (nSPS) is 21.6. The van der Waals surface area contributed by atoms with Crippen molar-refractivity contribution in [2.45, 2.75) is 25.3 Å². The summed E-state index contributed by atoms with van der Waals surface area (Å²) in [6.07, 6.45) is 4.60. The summed E-state index contributed by atoms with van der Waals surface area (Å²) in [6, 6.07) is 1.98. The van der Waals surface area contributed by atoms with Crippen LogP contribution in [0.1, 0.15) is 19.3 Å². The van der Waals surface area contributed by atoms with Crippen LogP contribution in [-0.4, -0.2) is 59.5 Å². The number of thiophene rings is 1. The van der Waals surface area contributed by atoms with E-state index in [1.807, 2.05) is 10.3 Å². The van der Waals surface area contributed by atoms with Gasteiger partial charge in [0.15, 0.2) is 0 Å². The fraction of sp³-hybridized carbons (Fsp3) is 0.562. The first-order chi connectivity index (χ1) is 11.3. The van der Waals surface area contributed by atoms with Gasteiger partial charge in [0.2, 0.25) is 5.91 Å². The maximum Gasteiger partial charge on any atom is 0.245 e. The molecule has 2 fully saturated rings. The molecule has 2 aliphatic heterocycles. The maximum absolute atomic E-state index is 13.0. The molecule has 1 atom stereocenters. The summed E-state index contributed by atoms with van der Waals surface area (Å²) in [5.41, 5.74) is 0. The Kier molecular flexibility index (Phi) is 5.53. The van der Waals surface area contributed by atoms with E-state index in [1.54, 1.807) is 17.7 Å². The largest absolute Gasteiger partial charge is 0.344 e. The molecule has 0 aliphatic carbocycles. The van der Waals surface area contributed by atoms with Gasteiger partial charge in [0, 0.05) is 26.2 Å². The van der Waals surface area contributed by atoms with Crippen LogP contribution < -0.4 is 10.2 Å². The van der Waals surface area contributed by atoms with Crippen molar-refractivity contribution in [3.63, 3.8) is 0 Å². The number of halogens is 1. The van der Waals surface area contributed by atoms with Gasteiger partial charge in [-0.25, -0.2) is 9.97 Å². The Bertz CT molecular complexity index is 701. The number of nitrogens with zero attached hydrogens (tertiary/aromatic N) is 4. The SMILES string of the molecule is Cl.O=C(C1CCCN1c1ncnc2sccc12)N1CCCNCC1. The third-order valence-electron chi connectivity index (χ3n) is 4.70. The average molecular weight is 368 g/mol. The van der Waals surface area contributed by atoms with Crippen molar-refractivity contribution in [2.24, 2.45) is 0 Å². The van der Waals surface area contributed by atoms with Crippen LogP contribution in [0.25, 0.3) is 10.2 Å². The summed E-state index contributed by atoms with van der Waals surface area (Å²) < 4.78 is 0. The Morgan fingerprint density at radius 3 is 3.04 bits per heavy atom. The fourth-order valence-corrected chi connectivity index (χ4v) is 4.29. The molecular formula is C16H22ClN5OS. The van der Waals surface area contributed by atoms with E-state index in [4.69, 9.17) is 0 Å². The molecule has 2 aromatic rings. The molecule has 8 heteroatoms. The lowest BCUT2D eigenvalue weighted by atomic mass is 10.1. The molecule has 2 saturated heterocycles. The van der Waals surface area contributed by atoms with Crippen LogP contribution in [0.5, 0.6) is 0 Å². The molecule has 2 aromatic heterocycles. The van der Waals surface area contributed by atoms with E-state index in [1.165, 1.54) is 0 Å².